The molecule has 35 heavy (non-hydrogen) atoms. The van der Waals surface area contributed by atoms with Crippen LogP contribution in [0.25, 0.3) is 0 Å². The average Bonchev–Trinajstić information content (AvgIpc) is 3.40. The van der Waals surface area contributed by atoms with Crippen LogP contribution < -0.4 is 9.64 Å². The van der Waals surface area contributed by atoms with Gasteiger partial charge in [0, 0.05) is 37.4 Å². The summed E-state index contributed by atoms with van der Waals surface area (Å²) >= 11 is 0. The van der Waals surface area contributed by atoms with Crippen molar-refractivity contribution >= 4 is 29.9 Å². The molecule has 4 rings (SSSR count). The van der Waals surface area contributed by atoms with Gasteiger partial charge < -0.3 is 15.1 Å². The van der Waals surface area contributed by atoms with Crippen LogP contribution in [0.15, 0.2) is 54.6 Å². The van der Waals surface area contributed by atoms with Crippen LogP contribution in [-0.2, 0) is 4.79 Å². The van der Waals surface area contributed by atoms with Gasteiger partial charge in [-0.25, -0.2) is 0 Å². The minimum atomic E-state index is -0.188. The van der Waals surface area contributed by atoms with E-state index in [9.17, 15) is 9.59 Å². The summed E-state index contributed by atoms with van der Waals surface area (Å²) in [7, 11) is 1.60. The summed E-state index contributed by atoms with van der Waals surface area (Å²) in [6.07, 6.45) is 6.83. The molecule has 0 radical (unpaired) electrons. The number of para-hydroxylation sites is 1. The first-order valence-electron chi connectivity index (χ1n) is 12.1. The van der Waals surface area contributed by atoms with Gasteiger partial charge in [-0.05, 0) is 55.3 Å². The molecular formula is C27H38ClN3O4. The van der Waals surface area contributed by atoms with Crippen molar-refractivity contribution in [2.45, 2.75) is 32.1 Å². The van der Waals surface area contributed by atoms with E-state index in [0.29, 0.717) is 11.3 Å². The van der Waals surface area contributed by atoms with Gasteiger partial charge in [0.05, 0.1) is 7.11 Å². The number of benzene rings is 2. The summed E-state index contributed by atoms with van der Waals surface area (Å²) < 4.78 is 5.20. The maximum atomic E-state index is 13.3. The number of carbonyl (C=O) groups excluding carboxylic acids is 2. The van der Waals surface area contributed by atoms with Gasteiger partial charge in [0.25, 0.3) is 5.91 Å². The fourth-order valence-corrected chi connectivity index (χ4v) is 4.90. The highest BCUT2D eigenvalue weighted by atomic mass is 35.5. The molecule has 1 aliphatic heterocycles. The molecule has 2 aromatic carbocycles. The molecule has 2 amide bonds. The van der Waals surface area contributed by atoms with Crippen LogP contribution in [-0.4, -0.2) is 73.5 Å². The highest BCUT2D eigenvalue weighted by Gasteiger charge is 2.26. The molecule has 2 aliphatic rings. The lowest BCUT2D eigenvalue weighted by atomic mass is 10.0. The summed E-state index contributed by atoms with van der Waals surface area (Å²) in [5.74, 6) is 1.40. The molecule has 0 bridgehead atoms. The first-order chi connectivity index (χ1) is 16.1. The Morgan fingerprint density at radius 3 is 2.17 bits per heavy atom. The quantitative estimate of drug-likeness (QED) is 0.550. The van der Waals surface area contributed by atoms with Gasteiger partial charge in [-0.15, -0.1) is 12.4 Å². The van der Waals surface area contributed by atoms with Gasteiger partial charge in [-0.3, -0.25) is 19.4 Å². The lowest BCUT2D eigenvalue weighted by Crippen LogP contribution is -2.52. The summed E-state index contributed by atoms with van der Waals surface area (Å²) in [6, 6.07) is 16.4. The Balaban J connectivity index is 0.00000216. The van der Waals surface area contributed by atoms with Crippen molar-refractivity contribution in [2.75, 3.05) is 51.3 Å². The first-order valence-corrected chi connectivity index (χ1v) is 12.1. The van der Waals surface area contributed by atoms with E-state index < -0.39 is 0 Å². The van der Waals surface area contributed by atoms with Crippen LogP contribution in [0.2, 0.25) is 0 Å². The van der Waals surface area contributed by atoms with Crippen molar-refractivity contribution in [3.05, 3.63) is 60.2 Å². The van der Waals surface area contributed by atoms with Crippen LogP contribution in [0.5, 0.6) is 5.75 Å². The predicted molar refractivity (Wildman–Crippen MR) is 142 cm³/mol. The molecule has 192 valence electrons. The zero-order chi connectivity index (χ0) is 23.0. The van der Waals surface area contributed by atoms with E-state index in [4.69, 9.17) is 4.74 Å². The molecule has 2 N–H and O–H groups in total. The van der Waals surface area contributed by atoms with Crippen LogP contribution >= 0.6 is 12.4 Å². The molecule has 7 nitrogen and oxygen atoms in total. The minimum absolute atomic E-state index is 0. The van der Waals surface area contributed by atoms with Crippen molar-refractivity contribution in [1.82, 2.24) is 9.80 Å². The standard InChI is InChI=1S/C27H35N3O3.ClH.H2O/c1-33-25-13-11-23(12-14-25)27(32)30(24-9-3-2-4-10-24)21-26(31)29-19-17-28(18-20-29)16-15-22-7-5-6-8-22;;/h2-4,9-14,22H,5-8,15-21H2,1H3;1H;1H2. The highest BCUT2D eigenvalue weighted by molar-refractivity contribution is 6.08. The molecule has 0 spiro atoms. The lowest BCUT2D eigenvalue weighted by molar-refractivity contribution is -0.131. The normalized spacial score (nSPS) is 16.2. The molecular weight excluding hydrogens is 466 g/mol. The van der Waals surface area contributed by atoms with Crippen LogP contribution in [0.1, 0.15) is 42.5 Å². The number of anilines is 1. The predicted octanol–water partition coefficient (Wildman–Crippen LogP) is 3.66. The van der Waals surface area contributed by atoms with E-state index >= 15 is 0 Å². The Hall–Kier alpha value is -2.61. The van der Waals surface area contributed by atoms with E-state index in [1.54, 1.807) is 36.3 Å². The molecule has 1 saturated carbocycles. The van der Waals surface area contributed by atoms with Crippen molar-refractivity contribution in [3.8, 4) is 5.75 Å². The van der Waals surface area contributed by atoms with E-state index in [0.717, 1.165) is 44.3 Å². The van der Waals surface area contributed by atoms with Crippen molar-refractivity contribution in [1.29, 1.82) is 0 Å². The zero-order valence-electron chi connectivity index (χ0n) is 20.5. The average molecular weight is 504 g/mol. The largest absolute Gasteiger partial charge is 0.497 e. The second-order valence-corrected chi connectivity index (χ2v) is 9.12. The number of halogens is 1. The van der Waals surface area contributed by atoms with Gasteiger partial charge in [-0.1, -0.05) is 43.9 Å². The van der Waals surface area contributed by atoms with Crippen molar-refractivity contribution < 1.29 is 19.8 Å². The topological polar surface area (TPSA) is 84.6 Å². The number of amides is 2. The Morgan fingerprint density at radius 2 is 1.57 bits per heavy atom. The number of methoxy groups -OCH3 is 1. The molecule has 1 heterocycles. The number of hydrogen-bond donors (Lipinski definition) is 0. The first kappa shape index (κ1) is 28.6. The van der Waals surface area contributed by atoms with Gasteiger partial charge in [-0.2, -0.15) is 0 Å². The molecule has 0 unspecified atom stereocenters. The van der Waals surface area contributed by atoms with E-state index in [1.807, 2.05) is 35.2 Å². The Bertz CT molecular complexity index is 912. The summed E-state index contributed by atoms with van der Waals surface area (Å²) in [5, 5.41) is 0. The van der Waals surface area contributed by atoms with Crippen LogP contribution in [0.3, 0.4) is 0 Å². The molecule has 0 aromatic heterocycles. The summed E-state index contributed by atoms with van der Waals surface area (Å²) in [5.41, 5.74) is 1.26. The molecule has 8 heteroatoms. The second kappa shape index (κ2) is 14.1. The highest BCUT2D eigenvalue weighted by Crippen LogP contribution is 2.27. The van der Waals surface area contributed by atoms with Gasteiger partial charge in [0.2, 0.25) is 5.91 Å². The summed E-state index contributed by atoms with van der Waals surface area (Å²) in [4.78, 5) is 32.5. The monoisotopic (exact) mass is 503 g/mol. The van der Waals surface area contributed by atoms with Crippen LogP contribution in [0.4, 0.5) is 5.69 Å². The van der Waals surface area contributed by atoms with Gasteiger partial charge in [0.15, 0.2) is 0 Å². The smallest absolute Gasteiger partial charge is 0.258 e. The number of carbonyl (C=O) groups is 2. The Morgan fingerprint density at radius 1 is 0.943 bits per heavy atom. The third-order valence-electron chi connectivity index (χ3n) is 7.00. The SMILES string of the molecule is COc1ccc(C(=O)N(CC(=O)N2CCN(CCC3CCCC3)CC2)c2ccccc2)cc1.Cl.O. The maximum absolute atomic E-state index is 13.3. The fraction of sp³-hybridized carbons (Fsp3) is 0.481. The fourth-order valence-electron chi connectivity index (χ4n) is 4.90. The molecule has 1 saturated heterocycles. The number of piperazine rings is 1. The lowest BCUT2D eigenvalue weighted by Gasteiger charge is -2.36. The molecule has 1 aliphatic carbocycles. The van der Waals surface area contributed by atoms with Crippen LogP contribution in [0, 0.1) is 5.92 Å². The third-order valence-corrected chi connectivity index (χ3v) is 7.00. The number of hydrogen-bond acceptors (Lipinski definition) is 4. The maximum Gasteiger partial charge on any atom is 0.258 e. The second-order valence-electron chi connectivity index (χ2n) is 9.12. The molecule has 2 fully saturated rings. The van der Waals surface area contributed by atoms with Gasteiger partial charge in [0.1, 0.15) is 12.3 Å². The zero-order valence-corrected chi connectivity index (χ0v) is 21.3. The third kappa shape index (κ3) is 7.69. The van der Waals surface area contributed by atoms with E-state index in [2.05, 4.69) is 4.90 Å². The number of ether oxygens (including phenoxy) is 1. The van der Waals surface area contributed by atoms with E-state index in [1.165, 1.54) is 32.1 Å². The number of rotatable bonds is 8. The Kier molecular flexibility index (Phi) is 11.5. The molecule has 2 aromatic rings. The van der Waals surface area contributed by atoms with Crippen molar-refractivity contribution in [3.63, 3.8) is 0 Å². The van der Waals surface area contributed by atoms with Gasteiger partial charge >= 0.3 is 0 Å². The molecule has 0 atom stereocenters. The summed E-state index contributed by atoms with van der Waals surface area (Å²) in [6.45, 7) is 4.45. The minimum Gasteiger partial charge on any atom is -0.497 e. The van der Waals surface area contributed by atoms with Crippen molar-refractivity contribution in [2.24, 2.45) is 5.92 Å². The number of nitrogens with zero attached hydrogens (tertiary/aromatic N) is 3. The van der Waals surface area contributed by atoms with E-state index in [-0.39, 0.29) is 36.2 Å². The Labute approximate surface area is 214 Å².